The standard InChI is InChI=1S/C14H19Cl2N3O2S.ClH/c15-11-1-2-13(16)14(9-11)22(20,21)19-7-5-18(6-8-19)12-3-4-17-10-12;/h1-2,9,12,17H,3-8,10H2;1H. The zero-order chi connectivity index (χ0) is 15.7. The molecule has 0 spiro atoms. The lowest BCUT2D eigenvalue weighted by Crippen LogP contribution is -2.52. The van der Waals surface area contributed by atoms with E-state index in [1.54, 1.807) is 6.07 Å². The van der Waals surface area contributed by atoms with Crippen LogP contribution in [0, 0.1) is 0 Å². The highest BCUT2D eigenvalue weighted by Gasteiger charge is 2.33. The van der Waals surface area contributed by atoms with Crippen molar-refractivity contribution in [1.29, 1.82) is 0 Å². The lowest BCUT2D eigenvalue weighted by molar-refractivity contribution is 0.145. The van der Waals surface area contributed by atoms with Crippen molar-refractivity contribution in [2.75, 3.05) is 39.3 Å². The molecular formula is C14H20Cl3N3O2S. The van der Waals surface area contributed by atoms with Crippen LogP contribution in [0.25, 0.3) is 0 Å². The molecule has 2 fully saturated rings. The van der Waals surface area contributed by atoms with Crippen LogP contribution in [0.1, 0.15) is 6.42 Å². The molecule has 0 aliphatic carbocycles. The molecule has 2 aliphatic rings. The predicted octanol–water partition coefficient (Wildman–Crippen LogP) is 2.08. The van der Waals surface area contributed by atoms with Crippen LogP contribution in [0.4, 0.5) is 0 Å². The minimum Gasteiger partial charge on any atom is -0.315 e. The molecule has 2 aliphatic heterocycles. The number of benzene rings is 1. The Morgan fingerprint density at radius 2 is 1.83 bits per heavy atom. The van der Waals surface area contributed by atoms with Gasteiger partial charge in [-0.2, -0.15) is 4.31 Å². The number of nitrogens with one attached hydrogen (secondary N) is 1. The van der Waals surface area contributed by atoms with Crippen LogP contribution in [-0.2, 0) is 10.0 Å². The van der Waals surface area contributed by atoms with Crippen LogP contribution < -0.4 is 5.32 Å². The van der Waals surface area contributed by atoms with Crippen LogP contribution in [0.3, 0.4) is 0 Å². The second-order valence-electron chi connectivity index (χ2n) is 5.66. The zero-order valence-corrected chi connectivity index (χ0v) is 15.7. The van der Waals surface area contributed by atoms with Gasteiger partial charge in [-0.15, -0.1) is 12.4 Å². The van der Waals surface area contributed by atoms with Gasteiger partial charge in [-0.05, 0) is 31.2 Å². The number of halogens is 3. The molecule has 1 unspecified atom stereocenters. The third-order valence-corrected chi connectivity index (χ3v) is 6.95. The van der Waals surface area contributed by atoms with Gasteiger partial charge in [-0.25, -0.2) is 8.42 Å². The Kier molecular flexibility index (Phi) is 6.58. The van der Waals surface area contributed by atoms with Crippen molar-refractivity contribution in [3.05, 3.63) is 28.2 Å². The van der Waals surface area contributed by atoms with Gasteiger partial charge < -0.3 is 5.32 Å². The van der Waals surface area contributed by atoms with Crippen molar-refractivity contribution in [3.63, 3.8) is 0 Å². The highest BCUT2D eigenvalue weighted by molar-refractivity contribution is 7.89. The summed E-state index contributed by atoms with van der Waals surface area (Å²) in [5.74, 6) is 0. The molecule has 0 aromatic heterocycles. The van der Waals surface area contributed by atoms with E-state index in [2.05, 4.69) is 10.2 Å². The Morgan fingerprint density at radius 1 is 1.13 bits per heavy atom. The Hall–Kier alpha value is -0.0800. The Balaban J connectivity index is 0.00000192. The van der Waals surface area contributed by atoms with E-state index in [1.165, 1.54) is 16.4 Å². The molecule has 5 nitrogen and oxygen atoms in total. The summed E-state index contributed by atoms with van der Waals surface area (Å²) >= 11 is 12.0. The van der Waals surface area contributed by atoms with Gasteiger partial charge >= 0.3 is 0 Å². The average molecular weight is 401 g/mol. The van der Waals surface area contributed by atoms with Crippen LogP contribution in [0.5, 0.6) is 0 Å². The SMILES string of the molecule is Cl.O=S(=O)(c1cc(Cl)ccc1Cl)N1CCN(C2CCNC2)CC1. The largest absolute Gasteiger partial charge is 0.315 e. The summed E-state index contributed by atoms with van der Waals surface area (Å²) in [4.78, 5) is 2.46. The molecule has 2 heterocycles. The number of rotatable bonds is 3. The Morgan fingerprint density at radius 3 is 2.43 bits per heavy atom. The van der Waals surface area contributed by atoms with Crippen LogP contribution in [0.15, 0.2) is 23.1 Å². The molecule has 1 aromatic carbocycles. The molecule has 2 saturated heterocycles. The lowest BCUT2D eigenvalue weighted by Gasteiger charge is -2.37. The molecule has 9 heteroatoms. The maximum Gasteiger partial charge on any atom is 0.244 e. The number of sulfonamides is 1. The van der Waals surface area contributed by atoms with Crippen molar-refractivity contribution >= 4 is 45.6 Å². The fraction of sp³-hybridized carbons (Fsp3) is 0.571. The van der Waals surface area contributed by atoms with Crippen molar-refractivity contribution in [2.45, 2.75) is 17.4 Å². The summed E-state index contributed by atoms with van der Waals surface area (Å²) in [6, 6.07) is 5.07. The zero-order valence-electron chi connectivity index (χ0n) is 12.5. The minimum atomic E-state index is -3.59. The monoisotopic (exact) mass is 399 g/mol. The van der Waals surface area contributed by atoms with Gasteiger partial charge in [0.05, 0.1) is 5.02 Å². The van der Waals surface area contributed by atoms with Crippen LogP contribution in [0.2, 0.25) is 10.0 Å². The highest BCUT2D eigenvalue weighted by Crippen LogP contribution is 2.28. The fourth-order valence-corrected chi connectivity index (χ4v) is 5.23. The number of nitrogens with zero attached hydrogens (tertiary/aromatic N) is 2. The van der Waals surface area contributed by atoms with E-state index < -0.39 is 10.0 Å². The van der Waals surface area contributed by atoms with E-state index in [4.69, 9.17) is 23.2 Å². The number of hydrogen-bond donors (Lipinski definition) is 1. The normalized spacial score (nSPS) is 23.7. The van der Waals surface area contributed by atoms with E-state index >= 15 is 0 Å². The summed E-state index contributed by atoms with van der Waals surface area (Å²) in [7, 11) is -3.59. The number of piperazine rings is 1. The van der Waals surface area contributed by atoms with Gasteiger partial charge in [0.2, 0.25) is 10.0 Å². The summed E-state index contributed by atoms with van der Waals surface area (Å²) in [6.07, 6.45) is 1.13. The molecule has 1 aromatic rings. The highest BCUT2D eigenvalue weighted by atomic mass is 35.5. The maximum absolute atomic E-state index is 12.7. The lowest BCUT2D eigenvalue weighted by atomic mass is 10.2. The molecule has 1 N–H and O–H groups in total. The first-order valence-electron chi connectivity index (χ1n) is 7.38. The molecule has 1 atom stereocenters. The second kappa shape index (κ2) is 7.87. The van der Waals surface area contributed by atoms with E-state index in [-0.39, 0.29) is 22.3 Å². The van der Waals surface area contributed by atoms with Gasteiger partial charge in [0.15, 0.2) is 0 Å². The molecule has 23 heavy (non-hydrogen) atoms. The summed E-state index contributed by atoms with van der Waals surface area (Å²) in [5.41, 5.74) is 0. The summed E-state index contributed by atoms with van der Waals surface area (Å²) in [5, 5.41) is 3.93. The predicted molar refractivity (Wildman–Crippen MR) is 95.3 cm³/mol. The molecule has 130 valence electrons. The van der Waals surface area contributed by atoms with Crippen LogP contribution in [-0.4, -0.2) is 62.9 Å². The summed E-state index contributed by atoms with van der Waals surface area (Å²) in [6.45, 7) is 4.52. The molecule has 3 rings (SSSR count). The second-order valence-corrected chi connectivity index (χ2v) is 8.41. The van der Waals surface area contributed by atoms with E-state index in [0.29, 0.717) is 24.2 Å². The van der Waals surface area contributed by atoms with Gasteiger partial charge in [0, 0.05) is 43.8 Å². The quantitative estimate of drug-likeness (QED) is 0.844. The third kappa shape index (κ3) is 4.12. The minimum absolute atomic E-state index is 0. The molecule has 0 amide bonds. The first-order chi connectivity index (χ1) is 10.5. The smallest absolute Gasteiger partial charge is 0.244 e. The topological polar surface area (TPSA) is 52.7 Å². The first kappa shape index (κ1) is 19.2. The average Bonchev–Trinajstić information content (AvgIpc) is 3.04. The maximum atomic E-state index is 12.7. The van der Waals surface area contributed by atoms with Gasteiger partial charge in [0.25, 0.3) is 0 Å². The summed E-state index contributed by atoms with van der Waals surface area (Å²) < 4.78 is 27.0. The van der Waals surface area contributed by atoms with Gasteiger partial charge in [0.1, 0.15) is 4.90 Å². The van der Waals surface area contributed by atoms with Crippen molar-refractivity contribution < 1.29 is 8.42 Å². The molecular weight excluding hydrogens is 381 g/mol. The molecule has 0 bridgehead atoms. The van der Waals surface area contributed by atoms with Crippen molar-refractivity contribution in [2.24, 2.45) is 0 Å². The Bertz CT molecular complexity index is 643. The first-order valence-corrected chi connectivity index (χ1v) is 9.58. The number of hydrogen-bond acceptors (Lipinski definition) is 4. The van der Waals surface area contributed by atoms with Crippen molar-refractivity contribution in [1.82, 2.24) is 14.5 Å². The van der Waals surface area contributed by atoms with E-state index in [1.807, 2.05) is 0 Å². The molecule has 0 saturated carbocycles. The third-order valence-electron chi connectivity index (χ3n) is 4.34. The van der Waals surface area contributed by atoms with E-state index in [0.717, 1.165) is 32.6 Å². The van der Waals surface area contributed by atoms with Gasteiger partial charge in [-0.1, -0.05) is 23.2 Å². The van der Waals surface area contributed by atoms with Gasteiger partial charge in [-0.3, -0.25) is 4.90 Å². The van der Waals surface area contributed by atoms with E-state index in [9.17, 15) is 8.42 Å². The Labute approximate surface area is 153 Å². The van der Waals surface area contributed by atoms with Crippen LogP contribution >= 0.6 is 35.6 Å². The molecule has 0 radical (unpaired) electrons. The fourth-order valence-electron chi connectivity index (χ4n) is 3.07. The van der Waals surface area contributed by atoms with Crippen molar-refractivity contribution in [3.8, 4) is 0 Å².